The molecule has 0 unspecified atom stereocenters. The van der Waals surface area contributed by atoms with Crippen LogP contribution in [0.25, 0.3) is 0 Å². The summed E-state index contributed by atoms with van der Waals surface area (Å²) in [4.78, 5) is 28.1. The molecule has 1 aromatic carbocycles. The molecule has 0 bridgehead atoms. The Morgan fingerprint density at radius 3 is 2.70 bits per heavy atom. The van der Waals surface area contributed by atoms with E-state index in [2.05, 4.69) is 34.2 Å². The van der Waals surface area contributed by atoms with E-state index in [4.69, 9.17) is 4.74 Å². The Labute approximate surface area is 181 Å². The number of ether oxygens (including phenoxy) is 1. The molecule has 1 saturated heterocycles. The van der Waals surface area contributed by atoms with E-state index in [1.165, 1.54) is 16.0 Å². The standard InChI is InChI=1S/C23H29N3O3S/c27-21(26-12-7-20-18(16-26)8-15-30-20)6-11-24-22(28)25-17-23(9-13-29-14-10-23)19-4-2-1-3-5-19/h1-5,8,15H,6-7,9-14,16-17H2,(H2,24,25,28). The second-order valence-electron chi connectivity index (χ2n) is 8.05. The van der Waals surface area contributed by atoms with Gasteiger partial charge >= 0.3 is 6.03 Å². The van der Waals surface area contributed by atoms with Crippen molar-refractivity contribution in [3.05, 3.63) is 57.8 Å². The normalized spacial score (nSPS) is 17.8. The Balaban J connectivity index is 1.23. The van der Waals surface area contributed by atoms with E-state index in [1.54, 1.807) is 11.3 Å². The van der Waals surface area contributed by atoms with Crippen LogP contribution in [0, 0.1) is 0 Å². The van der Waals surface area contributed by atoms with E-state index < -0.39 is 0 Å². The average Bonchev–Trinajstić information content (AvgIpc) is 3.27. The highest BCUT2D eigenvalue weighted by Crippen LogP contribution is 2.34. The van der Waals surface area contributed by atoms with Crippen molar-refractivity contribution in [2.45, 2.75) is 37.6 Å². The van der Waals surface area contributed by atoms with Crippen LogP contribution in [-0.2, 0) is 27.9 Å². The van der Waals surface area contributed by atoms with E-state index in [9.17, 15) is 9.59 Å². The van der Waals surface area contributed by atoms with Crippen LogP contribution in [0.5, 0.6) is 0 Å². The topological polar surface area (TPSA) is 70.7 Å². The van der Waals surface area contributed by atoms with E-state index in [0.717, 1.165) is 25.8 Å². The van der Waals surface area contributed by atoms with Gasteiger partial charge in [0.1, 0.15) is 0 Å². The fourth-order valence-electron chi connectivity index (χ4n) is 4.34. The van der Waals surface area contributed by atoms with Crippen molar-refractivity contribution in [2.75, 3.05) is 32.8 Å². The Kier molecular flexibility index (Phi) is 6.69. The summed E-state index contributed by atoms with van der Waals surface area (Å²) in [6.45, 7) is 3.76. The molecule has 4 rings (SSSR count). The van der Waals surface area contributed by atoms with E-state index in [0.29, 0.717) is 39.3 Å². The number of rotatable bonds is 6. The van der Waals surface area contributed by atoms with Gasteiger partial charge in [0.15, 0.2) is 0 Å². The first-order valence-corrected chi connectivity index (χ1v) is 11.5. The lowest BCUT2D eigenvalue weighted by Gasteiger charge is -2.38. The predicted molar refractivity (Wildman–Crippen MR) is 118 cm³/mol. The minimum absolute atomic E-state index is 0.0948. The predicted octanol–water partition coefficient (Wildman–Crippen LogP) is 3.07. The van der Waals surface area contributed by atoms with Crippen LogP contribution in [0.1, 0.15) is 35.3 Å². The first-order chi connectivity index (χ1) is 14.7. The van der Waals surface area contributed by atoms with Gasteiger partial charge in [-0.2, -0.15) is 0 Å². The highest BCUT2D eigenvalue weighted by Gasteiger charge is 2.34. The molecule has 2 aromatic rings. The van der Waals surface area contributed by atoms with Crippen molar-refractivity contribution in [1.29, 1.82) is 0 Å². The number of hydrogen-bond donors (Lipinski definition) is 2. The van der Waals surface area contributed by atoms with Crippen molar-refractivity contribution in [3.8, 4) is 0 Å². The first-order valence-electron chi connectivity index (χ1n) is 10.6. The number of carbonyl (C=O) groups excluding carboxylic acids is 2. The van der Waals surface area contributed by atoms with Gasteiger partial charge in [-0.05, 0) is 41.8 Å². The molecule has 1 fully saturated rings. The highest BCUT2D eigenvalue weighted by molar-refractivity contribution is 7.10. The molecule has 1 aromatic heterocycles. The fraction of sp³-hybridized carbons (Fsp3) is 0.478. The molecule has 160 valence electrons. The van der Waals surface area contributed by atoms with Crippen molar-refractivity contribution in [2.24, 2.45) is 0 Å². The van der Waals surface area contributed by atoms with E-state index in [1.807, 2.05) is 23.1 Å². The summed E-state index contributed by atoms with van der Waals surface area (Å²) < 4.78 is 5.55. The summed E-state index contributed by atoms with van der Waals surface area (Å²) in [7, 11) is 0. The Morgan fingerprint density at radius 2 is 1.90 bits per heavy atom. The third-order valence-electron chi connectivity index (χ3n) is 6.21. The zero-order valence-corrected chi connectivity index (χ0v) is 18.0. The van der Waals surface area contributed by atoms with E-state index >= 15 is 0 Å². The van der Waals surface area contributed by atoms with Crippen LogP contribution in [0.4, 0.5) is 4.79 Å². The molecule has 0 aliphatic carbocycles. The first kappa shape index (κ1) is 20.9. The van der Waals surface area contributed by atoms with Gasteiger partial charge in [0.05, 0.1) is 0 Å². The molecule has 0 atom stereocenters. The minimum atomic E-state index is -0.219. The molecule has 0 spiro atoms. The Bertz CT molecular complexity index is 862. The minimum Gasteiger partial charge on any atom is -0.381 e. The van der Waals surface area contributed by atoms with Gasteiger partial charge in [0.2, 0.25) is 5.91 Å². The number of amides is 3. The summed E-state index contributed by atoms with van der Waals surface area (Å²) in [5, 5.41) is 7.96. The maximum atomic E-state index is 12.5. The summed E-state index contributed by atoms with van der Waals surface area (Å²) >= 11 is 1.76. The molecule has 3 heterocycles. The zero-order chi connectivity index (χ0) is 20.8. The zero-order valence-electron chi connectivity index (χ0n) is 17.2. The SMILES string of the molecule is O=C(NCCC(=O)N1CCc2sccc2C1)NCC1(c2ccccc2)CCOCC1. The lowest BCUT2D eigenvalue weighted by Crippen LogP contribution is -2.47. The van der Waals surface area contributed by atoms with Crippen LogP contribution >= 0.6 is 11.3 Å². The quantitative estimate of drug-likeness (QED) is 0.744. The molecular weight excluding hydrogens is 398 g/mol. The van der Waals surface area contributed by atoms with Crippen LogP contribution in [0.15, 0.2) is 41.8 Å². The van der Waals surface area contributed by atoms with E-state index in [-0.39, 0.29) is 17.4 Å². The number of nitrogens with one attached hydrogen (secondary N) is 2. The van der Waals surface area contributed by atoms with Gasteiger partial charge in [-0.25, -0.2) is 4.79 Å². The van der Waals surface area contributed by atoms with Crippen molar-refractivity contribution >= 4 is 23.3 Å². The second kappa shape index (κ2) is 9.62. The third-order valence-corrected chi connectivity index (χ3v) is 7.23. The van der Waals surface area contributed by atoms with Crippen molar-refractivity contribution in [3.63, 3.8) is 0 Å². The third kappa shape index (κ3) is 4.84. The number of nitrogens with zero attached hydrogens (tertiary/aromatic N) is 1. The highest BCUT2D eigenvalue weighted by atomic mass is 32.1. The van der Waals surface area contributed by atoms with Crippen LogP contribution in [0.2, 0.25) is 0 Å². The number of carbonyl (C=O) groups is 2. The number of benzene rings is 1. The summed E-state index contributed by atoms with van der Waals surface area (Å²) in [5.74, 6) is 0.0948. The average molecular weight is 428 g/mol. The maximum Gasteiger partial charge on any atom is 0.314 e. The van der Waals surface area contributed by atoms with Gasteiger partial charge < -0.3 is 20.3 Å². The Morgan fingerprint density at radius 1 is 1.10 bits per heavy atom. The van der Waals surface area contributed by atoms with Gasteiger partial charge in [0, 0.05) is 56.1 Å². The number of thiophene rings is 1. The summed E-state index contributed by atoms with van der Waals surface area (Å²) in [5.41, 5.74) is 2.40. The molecule has 30 heavy (non-hydrogen) atoms. The summed E-state index contributed by atoms with van der Waals surface area (Å²) in [6.07, 6.45) is 3.02. The molecule has 2 N–H and O–H groups in total. The molecule has 2 aliphatic rings. The molecular formula is C23H29N3O3S. The van der Waals surface area contributed by atoms with Gasteiger partial charge in [-0.3, -0.25) is 4.79 Å². The van der Waals surface area contributed by atoms with Crippen LogP contribution in [0.3, 0.4) is 0 Å². The molecule has 0 radical (unpaired) electrons. The molecule has 6 nitrogen and oxygen atoms in total. The van der Waals surface area contributed by atoms with Crippen molar-refractivity contribution < 1.29 is 14.3 Å². The summed E-state index contributed by atoms with van der Waals surface area (Å²) in [6, 6.07) is 12.2. The maximum absolute atomic E-state index is 12.5. The second-order valence-corrected chi connectivity index (χ2v) is 9.05. The van der Waals surface area contributed by atoms with Gasteiger partial charge in [-0.1, -0.05) is 30.3 Å². The lowest BCUT2D eigenvalue weighted by atomic mass is 9.74. The molecule has 3 amide bonds. The number of fused-ring (bicyclic) bond motifs is 1. The largest absolute Gasteiger partial charge is 0.381 e. The monoisotopic (exact) mass is 427 g/mol. The Hall–Kier alpha value is -2.38. The van der Waals surface area contributed by atoms with Crippen LogP contribution in [-0.4, -0.2) is 49.7 Å². The fourth-order valence-corrected chi connectivity index (χ4v) is 5.23. The smallest absolute Gasteiger partial charge is 0.314 e. The molecule has 0 saturated carbocycles. The van der Waals surface area contributed by atoms with Gasteiger partial charge in [0.25, 0.3) is 0 Å². The molecule has 7 heteroatoms. The lowest BCUT2D eigenvalue weighted by molar-refractivity contribution is -0.131. The molecule has 2 aliphatic heterocycles. The van der Waals surface area contributed by atoms with Crippen molar-refractivity contribution in [1.82, 2.24) is 15.5 Å². The van der Waals surface area contributed by atoms with Gasteiger partial charge in [-0.15, -0.1) is 11.3 Å². The number of urea groups is 1. The van der Waals surface area contributed by atoms with Crippen LogP contribution < -0.4 is 10.6 Å². The number of hydrogen-bond acceptors (Lipinski definition) is 4.